The lowest BCUT2D eigenvalue weighted by molar-refractivity contribution is -0.150. The fraction of sp³-hybridized carbons (Fsp3) is 0.609. The van der Waals surface area contributed by atoms with Gasteiger partial charge in [0, 0.05) is 13.2 Å². The number of carbonyl (C=O) groups is 3. The summed E-state index contributed by atoms with van der Waals surface area (Å²) in [5.41, 5.74) is -0.310. The molecule has 0 bridgehead atoms. The molecule has 0 aromatic heterocycles. The molecule has 2 N–H and O–H groups in total. The highest BCUT2D eigenvalue weighted by Gasteiger charge is 2.36. The van der Waals surface area contributed by atoms with Gasteiger partial charge in [0.1, 0.15) is 5.54 Å². The number of amides is 2. The summed E-state index contributed by atoms with van der Waals surface area (Å²) in [5, 5.41) is 4.86. The minimum absolute atomic E-state index is 0.0548. The number of benzene rings is 1. The van der Waals surface area contributed by atoms with Gasteiger partial charge in [-0.15, -0.1) is 0 Å². The molecule has 2 rings (SSSR count). The van der Waals surface area contributed by atoms with Gasteiger partial charge in [-0.25, -0.2) is 4.79 Å². The fourth-order valence-corrected chi connectivity index (χ4v) is 3.67. The molecule has 1 aromatic carbocycles. The zero-order valence-corrected chi connectivity index (χ0v) is 19.9. The molecule has 1 aromatic rings. The van der Waals surface area contributed by atoms with E-state index in [4.69, 9.17) is 14.2 Å². The molecule has 0 aliphatic carbocycles. The fourth-order valence-electron chi connectivity index (χ4n) is 3.30. The van der Waals surface area contributed by atoms with Crippen molar-refractivity contribution in [3.63, 3.8) is 0 Å². The maximum atomic E-state index is 12.9. The van der Waals surface area contributed by atoms with Crippen LogP contribution in [0.25, 0.3) is 0 Å². The third-order valence-electron chi connectivity index (χ3n) is 5.26. The predicted octanol–water partition coefficient (Wildman–Crippen LogP) is 1.87. The average Bonchev–Trinajstić information content (AvgIpc) is 2.78. The molecule has 0 saturated carbocycles. The second-order valence-electron chi connectivity index (χ2n) is 8.29. The van der Waals surface area contributed by atoms with E-state index in [-0.39, 0.29) is 25.0 Å². The summed E-state index contributed by atoms with van der Waals surface area (Å²) in [5.74, 6) is -1.34. The van der Waals surface area contributed by atoms with Crippen molar-refractivity contribution in [3.05, 3.63) is 35.9 Å². The Hall–Kier alpha value is -2.10. The molecule has 1 aliphatic rings. The second-order valence-corrected chi connectivity index (χ2v) is 8.84. The third kappa shape index (κ3) is 8.11. The first-order chi connectivity index (χ1) is 15.2. The molecule has 0 unspecified atom stereocenters. The Morgan fingerprint density at radius 3 is 2.47 bits per heavy atom. The summed E-state index contributed by atoms with van der Waals surface area (Å²) in [6.07, 6.45) is 1.50. The van der Waals surface area contributed by atoms with Gasteiger partial charge >= 0.3 is 5.97 Å². The van der Waals surface area contributed by atoms with Crippen LogP contribution in [0.5, 0.6) is 0 Å². The van der Waals surface area contributed by atoms with Crippen molar-refractivity contribution in [2.75, 3.05) is 26.4 Å². The molecule has 0 radical (unpaired) electrons. The summed E-state index contributed by atoms with van der Waals surface area (Å²) < 4.78 is 16.0. The second kappa shape index (κ2) is 12.8. The van der Waals surface area contributed by atoms with Gasteiger partial charge in [-0.1, -0.05) is 30.3 Å². The highest BCUT2D eigenvalue weighted by atomic mass is 32.1. The van der Waals surface area contributed by atoms with Crippen molar-refractivity contribution in [3.8, 4) is 0 Å². The van der Waals surface area contributed by atoms with Gasteiger partial charge in [0.05, 0.1) is 25.1 Å². The summed E-state index contributed by atoms with van der Waals surface area (Å²) in [7, 11) is 0. The quantitative estimate of drug-likeness (QED) is 0.340. The maximum absolute atomic E-state index is 12.9. The molecule has 1 heterocycles. The normalized spacial score (nSPS) is 16.6. The van der Waals surface area contributed by atoms with Crippen molar-refractivity contribution in [1.29, 1.82) is 0 Å². The van der Waals surface area contributed by atoms with Crippen LogP contribution in [0.2, 0.25) is 0 Å². The van der Waals surface area contributed by atoms with Crippen LogP contribution in [0.3, 0.4) is 0 Å². The van der Waals surface area contributed by atoms with E-state index >= 15 is 0 Å². The molecule has 2 amide bonds. The van der Waals surface area contributed by atoms with Gasteiger partial charge in [-0.2, -0.15) is 12.6 Å². The van der Waals surface area contributed by atoms with Gasteiger partial charge < -0.3 is 24.8 Å². The number of rotatable bonds is 11. The Morgan fingerprint density at radius 1 is 1.19 bits per heavy atom. The van der Waals surface area contributed by atoms with Crippen molar-refractivity contribution in [2.45, 2.75) is 57.1 Å². The first-order valence-electron chi connectivity index (χ1n) is 10.9. The number of hydrogen-bond donors (Lipinski definition) is 3. The first-order valence-corrected chi connectivity index (χ1v) is 11.4. The van der Waals surface area contributed by atoms with E-state index in [9.17, 15) is 14.4 Å². The molecule has 1 fully saturated rings. The number of nitrogens with one attached hydrogen (secondary N) is 2. The largest absolute Gasteiger partial charge is 0.464 e. The Bertz CT molecular complexity index is 752. The minimum Gasteiger partial charge on any atom is -0.464 e. The Balaban J connectivity index is 1.94. The van der Waals surface area contributed by atoms with Gasteiger partial charge in [-0.05, 0) is 45.1 Å². The molecular formula is C23H34N2O6S. The van der Waals surface area contributed by atoms with E-state index in [1.165, 1.54) is 0 Å². The van der Waals surface area contributed by atoms with E-state index in [0.29, 0.717) is 19.8 Å². The van der Waals surface area contributed by atoms with Crippen molar-refractivity contribution < 1.29 is 28.6 Å². The lowest BCUT2D eigenvalue weighted by atomic mass is 9.94. The van der Waals surface area contributed by atoms with Gasteiger partial charge in [0.25, 0.3) is 0 Å². The van der Waals surface area contributed by atoms with Crippen LogP contribution in [-0.2, 0) is 35.2 Å². The molecule has 178 valence electrons. The van der Waals surface area contributed by atoms with Gasteiger partial charge in [-0.3, -0.25) is 9.59 Å². The van der Waals surface area contributed by atoms with Crippen LogP contribution in [0, 0.1) is 5.92 Å². The van der Waals surface area contributed by atoms with Crippen LogP contribution in [0.1, 0.15) is 39.2 Å². The summed E-state index contributed by atoms with van der Waals surface area (Å²) in [4.78, 5) is 38.0. The molecule has 0 spiro atoms. The molecule has 1 aliphatic heterocycles. The van der Waals surface area contributed by atoms with Crippen molar-refractivity contribution in [1.82, 2.24) is 10.6 Å². The molecule has 32 heavy (non-hydrogen) atoms. The van der Waals surface area contributed by atoms with Crippen molar-refractivity contribution in [2.24, 2.45) is 5.92 Å². The third-order valence-corrected chi connectivity index (χ3v) is 5.91. The maximum Gasteiger partial charge on any atom is 0.331 e. The van der Waals surface area contributed by atoms with E-state index in [1.807, 2.05) is 30.3 Å². The van der Waals surface area contributed by atoms with Crippen LogP contribution < -0.4 is 10.6 Å². The zero-order chi connectivity index (χ0) is 23.6. The number of esters is 1. The lowest BCUT2D eigenvalue weighted by Gasteiger charge is -2.31. The van der Waals surface area contributed by atoms with E-state index in [1.54, 1.807) is 20.8 Å². The monoisotopic (exact) mass is 466 g/mol. The van der Waals surface area contributed by atoms with Gasteiger partial charge in [0.15, 0.2) is 6.04 Å². The Morgan fingerprint density at radius 2 is 1.84 bits per heavy atom. The highest BCUT2D eigenvalue weighted by Crippen LogP contribution is 2.23. The molecule has 2 atom stereocenters. The minimum atomic E-state index is -1.26. The molecule has 9 heteroatoms. The highest BCUT2D eigenvalue weighted by molar-refractivity contribution is 7.81. The van der Waals surface area contributed by atoms with E-state index in [0.717, 1.165) is 18.4 Å². The SMILES string of the molecule is CCOC(=O)[C@@H](COCc1ccccc1)NC(=O)C(C)(C)NC(=O)[C@@H](S)C1CCOCC1. The number of thiol groups is 1. The Labute approximate surface area is 195 Å². The Kier molecular flexibility index (Phi) is 10.5. The zero-order valence-electron chi connectivity index (χ0n) is 19.0. The van der Waals surface area contributed by atoms with Crippen LogP contribution in [0.15, 0.2) is 30.3 Å². The average molecular weight is 467 g/mol. The summed E-state index contributed by atoms with van der Waals surface area (Å²) in [6.45, 7) is 6.47. The smallest absolute Gasteiger partial charge is 0.331 e. The predicted molar refractivity (Wildman–Crippen MR) is 123 cm³/mol. The lowest BCUT2D eigenvalue weighted by Crippen LogP contribution is -2.60. The molecule has 1 saturated heterocycles. The van der Waals surface area contributed by atoms with Crippen LogP contribution >= 0.6 is 12.6 Å². The first kappa shape index (κ1) is 26.2. The number of ether oxygens (including phenoxy) is 3. The topological polar surface area (TPSA) is 103 Å². The van der Waals surface area contributed by atoms with Gasteiger partial charge in [0.2, 0.25) is 11.8 Å². The van der Waals surface area contributed by atoms with Crippen molar-refractivity contribution >= 4 is 30.4 Å². The van der Waals surface area contributed by atoms with E-state index < -0.39 is 28.7 Å². The number of hydrogen-bond acceptors (Lipinski definition) is 7. The van der Waals surface area contributed by atoms with E-state index in [2.05, 4.69) is 23.3 Å². The number of carbonyl (C=O) groups excluding carboxylic acids is 3. The van der Waals surface area contributed by atoms with Crippen LogP contribution in [-0.4, -0.2) is 61.0 Å². The molecule has 8 nitrogen and oxygen atoms in total. The van der Waals surface area contributed by atoms with Crippen LogP contribution in [0.4, 0.5) is 0 Å². The molecular weight excluding hydrogens is 432 g/mol. The standard InChI is InChI=1S/C23H34N2O6S/c1-4-31-21(27)18(15-30-14-16-8-6-5-7-9-16)24-22(28)23(2,3)25-20(26)19(32)17-10-12-29-13-11-17/h5-9,17-19,32H,4,10-15H2,1-3H3,(H,24,28)(H,25,26)/t18-,19+/m1/s1. The summed E-state index contributed by atoms with van der Waals surface area (Å²) >= 11 is 4.47. The summed E-state index contributed by atoms with van der Waals surface area (Å²) in [6, 6.07) is 8.50.